The van der Waals surface area contributed by atoms with E-state index in [1.807, 2.05) is 12.1 Å². The van der Waals surface area contributed by atoms with Crippen LogP contribution in [0.4, 0.5) is 10.1 Å². The Balaban J connectivity index is 1.62. The number of benzene rings is 2. The van der Waals surface area contributed by atoms with Gasteiger partial charge in [-0.05, 0) is 68.1 Å². The van der Waals surface area contributed by atoms with Crippen LogP contribution in [-0.2, 0) is 17.7 Å². The van der Waals surface area contributed by atoms with Gasteiger partial charge in [0.25, 0.3) is 5.69 Å². The molecule has 6 nitrogen and oxygen atoms in total. The van der Waals surface area contributed by atoms with Crippen LogP contribution in [0.5, 0.6) is 0 Å². The van der Waals surface area contributed by atoms with Crippen molar-refractivity contribution in [2.24, 2.45) is 5.92 Å². The second-order valence-electron chi connectivity index (χ2n) is 7.14. The smallest absolute Gasteiger partial charge is 0.337 e. The van der Waals surface area contributed by atoms with E-state index >= 15 is 0 Å². The maximum atomic E-state index is 13.0. The summed E-state index contributed by atoms with van der Waals surface area (Å²) in [6, 6.07) is 10.9. The first-order valence-corrected chi connectivity index (χ1v) is 9.28. The van der Waals surface area contributed by atoms with Gasteiger partial charge >= 0.3 is 5.97 Å². The van der Waals surface area contributed by atoms with E-state index in [9.17, 15) is 19.3 Å². The number of nitrogens with zero attached hydrogens (tertiary/aromatic N) is 2. The Kier molecular flexibility index (Phi) is 6.36. The van der Waals surface area contributed by atoms with E-state index < -0.39 is 10.9 Å². The van der Waals surface area contributed by atoms with Crippen molar-refractivity contribution in [1.29, 1.82) is 0 Å². The number of ether oxygens (including phenoxy) is 1. The van der Waals surface area contributed by atoms with Crippen LogP contribution in [-0.4, -0.2) is 36.0 Å². The highest BCUT2D eigenvalue weighted by atomic mass is 19.1. The Morgan fingerprint density at radius 2 is 1.89 bits per heavy atom. The molecule has 2 aromatic carbocycles. The van der Waals surface area contributed by atoms with E-state index in [4.69, 9.17) is 4.74 Å². The van der Waals surface area contributed by atoms with Crippen LogP contribution in [0.2, 0.25) is 0 Å². The predicted octanol–water partition coefficient (Wildman–Crippen LogP) is 3.98. The van der Waals surface area contributed by atoms with Gasteiger partial charge in [-0.25, -0.2) is 9.18 Å². The zero-order valence-corrected chi connectivity index (χ0v) is 15.8. The Labute approximate surface area is 163 Å². The number of carbonyl (C=O) groups is 1. The fourth-order valence-electron chi connectivity index (χ4n) is 3.68. The molecule has 0 amide bonds. The quantitative estimate of drug-likeness (QED) is 0.427. The van der Waals surface area contributed by atoms with Crippen molar-refractivity contribution in [3.05, 3.63) is 75.1 Å². The van der Waals surface area contributed by atoms with E-state index in [2.05, 4.69) is 4.90 Å². The summed E-state index contributed by atoms with van der Waals surface area (Å²) in [5, 5.41) is 11.3. The highest BCUT2D eigenvalue weighted by Gasteiger charge is 2.23. The van der Waals surface area contributed by atoms with Crippen molar-refractivity contribution >= 4 is 11.7 Å². The van der Waals surface area contributed by atoms with Gasteiger partial charge in [0.05, 0.1) is 17.6 Å². The lowest BCUT2D eigenvalue weighted by molar-refractivity contribution is -0.385. The Morgan fingerprint density at radius 1 is 1.21 bits per heavy atom. The van der Waals surface area contributed by atoms with E-state index in [-0.39, 0.29) is 11.5 Å². The van der Waals surface area contributed by atoms with Crippen LogP contribution in [0.15, 0.2) is 42.5 Å². The maximum Gasteiger partial charge on any atom is 0.337 e. The van der Waals surface area contributed by atoms with E-state index in [0.717, 1.165) is 37.9 Å². The number of hydrogen-bond donors (Lipinski definition) is 0. The molecule has 0 aromatic heterocycles. The molecule has 2 aromatic rings. The van der Waals surface area contributed by atoms with Crippen molar-refractivity contribution in [2.45, 2.75) is 25.8 Å². The summed E-state index contributed by atoms with van der Waals surface area (Å²) in [6.45, 7) is 2.07. The molecule has 1 fully saturated rings. The lowest BCUT2D eigenvalue weighted by Crippen LogP contribution is -2.34. The Hall–Kier alpha value is -2.80. The molecular formula is C21H23FN2O4. The van der Waals surface area contributed by atoms with Gasteiger partial charge in [0, 0.05) is 18.2 Å². The normalized spacial score (nSPS) is 15.4. The van der Waals surface area contributed by atoms with Gasteiger partial charge in [0.1, 0.15) is 5.82 Å². The largest absolute Gasteiger partial charge is 0.465 e. The third-order valence-corrected chi connectivity index (χ3v) is 5.24. The van der Waals surface area contributed by atoms with Crippen LogP contribution in [0.3, 0.4) is 0 Å². The lowest BCUT2D eigenvalue weighted by atomic mass is 9.90. The molecule has 28 heavy (non-hydrogen) atoms. The Morgan fingerprint density at radius 3 is 2.50 bits per heavy atom. The number of hydrogen-bond acceptors (Lipinski definition) is 5. The van der Waals surface area contributed by atoms with Crippen molar-refractivity contribution in [1.82, 2.24) is 4.90 Å². The minimum atomic E-state index is -0.505. The molecule has 0 unspecified atom stereocenters. The molecule has 0 radical (unpaired) electrons. The summed E-state index contributed by atoms with van der Waals surface area (Å²) < 4.78 is 17.7. The number of methoxy groups -OCH3 is 1. The number of nitro benzene ring substituents is 1. The van der Waals surface area contributed by atoms with Gasteiger partial charge in [0.15, 0.2) is 0 Å². The molecule has 148 valence electrons. The van der Waals surface area contributed by atoms with Crippen molar-refractivity contribution in [2.75, 3.05) is 20.2 Å². The number of carbonyl (C=O) groups excluding carboxylic acids is 1. The van der Waals surface area contributed by atoms with Crippen LogP contribution in [0, 0.1) is 21.8 Å². The molecular weight excluding hydrogens is 363 g/mol. The molecule has 3 rings (SSSR count). The number of piperidine rings is 1. The van der Waals surface area contributed by atoms with Crippen molar-refractivity contribution in [3.63, 3.8) is 0 Å². The van der Waals surface area contributed by atoms with Crippen molar-refractivity contribution in [3.8, 4) is 0 Å². The lowest BCUT2D eigenvalue weighted by Gasteiger charge is -2.32. The standard InChI is InChI=1S/C21H23FN2O4/c1-28-21(25)17-4-7-20(24(26)27)18(13-17)14-23-10-8-16(9-11-23)12-15-2-5-19(22)6-3-15/h2-7,13,16H,8-12,14H2,1H3. The molecule has 1 aliphatic rings. The number of halogens is 1. The SMILES string of the molecule is COC(=O)c1ccc([N+](=O)[O-])c(CN2CCC(Cc3ccc(F)cc3)CC2)c1. The summed E-state index contributed by atoms with van der Waals surface area (Å²) in [5.41, 5.74) is 1.97. The summed E-state index contributed by atoms with van der Waals surface area (Å²) in [7, 11) is 1.29. The second-order valence-corrected chi connectivity index (χ2v) is 7.14. The summed E-state index contributed by atoms with van der Waals surface area (Å²) in [4.78, 5) is 24.8. The van der Waals surface area contributed by atoms with E-state index in [0.29, 0.717) is 23.6 Å². The molecule has 7 heteroatoms. The van der Waals surface area contributed by atoms with Gasteiger partial charge in [-0.2, -0.15) is 0 Å². The number of esters is 1. The third kappa shape index (κ3) is 4.92. The zero-order valence-electron chi connectivity index (χ0n) is 15.8. The molecule has 0 bridgehead atoms. The molecule has 0 saturated carbocycles. The molecule has 1 saturated heterocycles. The maximum absolute atomic E-state index is 13.0. The van der Waals surface area contributed by atoms with E-state index in [1.54, 1.807) is 6.07 Å². The average Bonchev–Trinajstić information content (AvgIpc) is 2.70. The first-order valence-electron chi connectivity index (χ1n) is 9.28. The zero-order chi connectivity index (χ0) is 20.1. The van der Waals surface area contributed by atoms with Gasteiger partial charge < -0.3 is 4.74 Å². The Bertz CT molecular complexity index is 846. The highest BCUT2D eigenvalue weighted by molar-refractivity contribution is 5.89. The van der Waals surface area contributed by atoms with Crippen LogP contribution < -0.4 is 0 Å². The number of rotatable bonds is 6. The van der Waals surface area contributed by atoms with Crippen LogP contribution in [0.25, 0.3) is 0 Å². The monoisotopic (exact) mass is 386 g/mol. The van der Waals surface area contributed by atoms with Gasteiger partial charge in [-0.15, -0.1) is 0 Å². The molecule has 0 aliphatic carbocycles. The molecule has 0 N–H and O–H groups in total. The number of nitro groups is 1. The van der Waals surface area contributed by atoms with E-state index in [1.165, 1.54) is 31.4 Å². The summed E-state index contributed by atoms with van der Waals surface area (Å²) in [6.07, 6.45) is 2.86. The second kappa shape index (κ2) is 8.93. The average molecular weight is 386 g/mol. The first kappa shape index (κ1) is 19.9. The van der Waals surface area contributed by atoms with Gasteiger partial charge in [-0.3, -0.25) is 15.0 Å². The molecule has 0 spiro atoms. The minimum absolute atomic E-state index is 0.0149. The first-order chi connectivity index (χ1) is 13.5. The summed E-state index contributed by atoms with van der Waals surface area (Å²) in [5.74, 6) is -0.221. The van der Waals surface area contributed by atoms with Crippen LogP contribution >= 0.6 is 0 Å². The van der Waals surface area contributed by atoms with Gasteiger partial charge in [-0.1, -0.05) is 12.1 Å². The van der Waals surface area contributed by atoms with Crippen molar-refractivity contribution < 1.29 is 18.8 Å². The third-order valence-electron chi connectivity index (χ3n) is 5.24. The fourth-order valence-corrected chi connectivity index (χ4v) is 3.68. The predicted molar refractivity (Wildman–Crippen MR) is 103 cm³/mol. The minimum Gasteiger partial charge on any atom is -0.465 e. The van der Waals surface area contributed by atoms with Gasteiger partial charge in [0.2, 0.25) is 0 Å². The molecule has 1 heterocycles. The highest BCUT2D eigenvalue weighted by Crippen LogP contribution is 2.26. The molecule has 1 aliphatic heterocycles. The number of likely N-dealkylation sites (tertiary alicyclic amines) is 1. The molecule has 0 atom stereocenters. The summed E-state index contributed by atoms with van der Waals surface area (Å²) >= 11 is 0. The fraction of sp³-hybridized carbons (Fsp3) is 0.381. The van der Waals surface area contributed by atoms with Crippen LogP contribution in [0.1, 0.15) is 34.3 Å². The topological polar surface area (TPSA) is 72.7 Å².